The lowest BCUT2D eigenvalue weighted by molar-refractivity contribution is 0.401. The monoisotopic (exact) mass is 202 g/mol. The number of hydrogen-bond donors (Lipinski definition) is 0. The maximum Gasteiger partial charge on any atom is 0.119 e. The fourth-order valence-corrected chi connectivity index (χ4v) is 1.56. The van der Waals surface area contributed by atoms with E-state index in [9.17, 15) is 0 Å². The van der Waals surface area contributed by atoms with Gasteiger partial charge in [-0.1, -0.05) is 26.7 Å². The zero-order valence-corrected chi connectivity index (χ0v) is 9.92. The van der Waals surface area contributed by atoms with Gasteiger partial charge in [0.25, 0.3) is 0 Å². The van der Waals surface area contributed by atoms with Crippen molar-refractivity contribution in [2.45, 2.75) is 27.2 Å². The Morgan fingerprint density at radius 2 is 2.00 bits per heavy atom. The Morgan fingerprint density at radius 3 is 2.47 bits per heavy atom. The van der Waals surface area contributed by atoms with Gasteiger partial charge in [0.05, 0.1) is 7.11 Å². The lowest BCUT2D eigenvalue weighted by Crippen LogP contribution is -2.10. The van der Waals surface area contributed by atoms with Crippen LogP contribution in [-0.2, 0) is 6.42 Å². The van der Waals surface area contributed by atoms with E-state index in [1.165, 1.54) is 5.56 Å². The number of hydrogen-bond acceptors (Lipinski definition) is 1. The van der Waals surface area contributed by atoms with E-state index in [0.29, 0.717) is 0 Å². The van der Waals surface area contributed by atoms with E-state index in [2.05, 4.69) is 26.7 Å². The van der Waals surface area contributed by atoms with Crippen molar-refractivity contribution < 1.29 is 4.74 Å². The Labute approximate surface area is 92.5 Å². The van der Waals surface area contributed by atoms with E-state index >= 15 is 0 Å². The van der Waals surface area contributed by atoms with Crippen LogP contribution >= 0.6 is 0 Å². The van der Waals surface area contributed by atoms with Crippen LogP contribution < -0.4 is 4.74 Å². The molecule has 0 saturated carbocycles. The van der Waals surface area contributed by atoms with Gasteiger partial charge in [0.15, 0.2) is 0 Å². The van der Waals surface area contributed by atoms with Crippen LogP contribution in [0.5, 0.6) is 5.75 Å². The highest BCUT2D eigenvalue weighted by Gasteiger charge is 2.14. The molecule has 0 aliphatic heterocycles. The minimum Gasteiger partial charge on any atom is -0.497 e. The lowest BCUT2D eigenvalue weighted by Gasteiger charge is -2.19. The summed E-state index contributed by atoms with van der Waals surface area (Å²) in [5, 5.41) is 0. The molecule has 0 unspecified atom stereocenters. The Morgan fingerprint density at radius 1 is 1.33 bits per heavy atom. The Bertz CT molecular complexity index is 377. The quantitative estimate of drug-likeness (QED) is 0.669. The molecule has 15 heavy (non-hydrogen) atoms. The SMILES string of the molecule is C#Cc1ccc(OC)cc1CC(C)(C)C. The molecule has 0 N–H and O–H groups in total. The van der Waals surface area contributed by atoms with Gasteiger partial charge in [-0.3, -0.25) is 0 Å². The van der Waals surface area contributed by atoms with Gasteiger partial charge in [0.1, 0.15) is 5.75 Å². The Kier molecular flexibility index (Phi) is 3.42. The van der Waals surface area contributed by atoms with Crippen LogP contribution in [0.2, 0.25) is 0 Å². The van der Waals surface area contributed by atoms with Gasteiger partial charge >= 0.3 is 0 Å². The van der Waals surface area contributed by atoms with E-state index in [-0.39, 0.29) is 5.41 Å². The predicted molar refractivity (Wildman–Crippen MR) is 64.1 cm³/mol. The highest BCUT2D eigenvalue weighted by Crippen LogP contribution is 2.25. The summed E-state index contributed by atoms with van der Waals surface area (Å²) in [5.41, 5.74) is 2.38. The third kappa shape index (κ3) is 3.32. The molecule has 0 fully saturated rings. The van der Waals surface area contributed by atoms with Gasteiger partial charge in [0.2, 0.25) is 0 Å². The fourth-order valence-electron chi connectivity index (χ4n) is 1.56. The molecule has 1 aromatic carbocycles. The van der Waals surface area contributed by atoms with Crippen LogP contribution in [0.15, 0.2) is 18.2 Å². The molecule has 1 aromatic rings. The lowest BCUT2D eigenvalue weighted by atomic mass is 9.86. The normalized spacial score (nSPS) is 10.9. The van der Waals surface area contributed by atoms with Crippen LogP contribution in [0.25, 0.3) is 0 Å². The molecule has 0 heterocycles. The van der Waals surface area contributed by atoms with E-state index in [4.69, 9.17) is 11.2 Å². The van der Waals surface area contributed by atoms with Crippen molar-refractivity contribution in [2.75, 3.05) is 7.11 Å². The van der Waals surface area contributed by atoms with E-state index < -0.39 is 0 Å². The standard InChI is InChI=1S/C14H18O/c1-6-11-7-8-13(15-5)9-12(11)10-14(2,3)4/h1,7-9H,10H2,2-5H3. The molecule has 80 valence electrons. The molecule has 0 atom stereocenters. The van der Waals surface area contributed by atoms with Gasteiger partial charge in [-0.2, -0.15) is 0 Å². The molecule has 0 saturated heterocycles. The molecule has 0 bridgehead atoms. The smallest absolute Gasteiger partial charge is 0.119 e. The maximum atomic E-state index is 5.47. The summed E-state index contributed by atoms with van der Waals surface area (Å²) in [6.45, 7) is 6.60. The second-order valence-corrected chi connectivity index (χ2v) is 4.90. The summed E-state index contributed by atoms with van der Waals surface area (Å²) in [7, 11) is 1.67. The third-order valence-corrected chi connectivity index (χ3v) is 2.19. The molecular weight excluding hydrogens is 184 g/mol. The first-order chi connectivity index (χ1) is 6.96. The number of methoxy groups -OCH3 is 1. The summed E-state index contributed by atoms with van der Waals surface area (Å²) >= 11 is 0. The molecule has 0 aliphatic rings. The molecular formula is C14H18O. The van der Waals surface area contributed by atoms with Crippen LogP contribution in [0, 0.1) is 17.8 Å². The van der Waals surface area contributed by atoms with Crippen molar-refractivity contribution in [1.29, 1.82) is 0 Å². The topological polar surface area (TPSA) is 9.23 Å². The molecule has 0 radical (unpaired) electrons. The number of rotatable bonds is 2. The summed E-state index contributed by atoms with van der Waals surface area (Å²) < 4.78 is 5.20. The zero-order chi connectivity index (χ0) is 11.5. The summed E-state index contributed by atoms with van der Waals surface area (Å²) in [4.78, 5) is 0. The Balaban J connectivity index is 3.08. The molecule has 0 amide bonds. The molecule has 1 heteroatoms. The largest absolute Gasteiger partial charge is 0.497 e. The number of ether oxygens (including phenoxy) is 1. The van der Waals surface area contributed by atoms with E-state index in [1.807, 2.05) is 18.2 Å². The average Bonchev–Trinajstić information content (AvgIpc) is 2.15. The van der Waals surface area contributed by atoms with Crippen molar-refractivity contribution in [3.05, 3.63) is 29.3 Å². The summed E-state index contributed by atoms with van der Waals surface area (Å²) in [5.74, 6) is 3.58. The maximum absolute atomic E-state index is 5.47. The fraction of sp³-hybridized carbons (Fsp3) is 0.429. The summed E-state index contributed by atoms with van der Waals surface area (Å²) in [6.07, 6.45) is 6.43. The third-order valence-electron chi connectivity index (χ3n) is 2.19. The van der Waals surface area contributed by atoms with Gasteiger partial charge in [0, 0.05) is 5.56 Å². The Hall–Kier alpha value is -1.42. The predicted octanol–water partition coefficient (Wildman–Crippen LogP) is 3.27. The van der Waals surface area contributed by atoms with Gasteiger partial charge in [-0.25, -0.2) is 0 Å². The van der Waals surface area contributed by atoms with Crippen molar-refractivity contribution >= 4 is 0 Å². The van der Waals surface area contributed by atoms with Crippen LogP contribution in [0.1, 0.15) is 31.9 Å². The van der Waals surface area contributed by atoms with E-state index in [1.54, 1.807) is 7.11 Å². The zero-order valence-electron chi connectivity index (χ0n) is 9.92. The molecule has 0 aromatic heterocycles. The first-order valence-electron chi connectivity index (χ1n) is 5.10. The first kappa shape index (κ1) is 11.7. The highest BCUT2D eigenvalue weighted by atomic mass is 16.5. The molecule has 1 rings (SSSR count). The number of terminal acetylenes is 1. The second-order valence-electron chi connectivity index (χ2n) is 4.90. The first-order valence-corrected chi connectivity index (χ1v) is 5.10. The minimum atomic E-state index is 0.234. The van der Waals surface area contributed by atoms with E-state index in [0.717, 1.165) is 17.7 Å². The molecule has 1 nitrogen and oxygen atoms in total. The van der Waals surface area contributed by atoms with Crippen LogP contribution in [0.4, 0.5) is 0 Å². The van der Waals surface area contributed by atoms with Gasteiger partial charge in [-0.15, -0.1) is 6.42 Å². The molecule has 0 spiro atoms. The van der Waals surface area contributed by atoms with Crippen LogP contribution in [-0.4, -0.2) is 7.11 Å². The van der Waals surface area contributed by atoms with Gasteiger partial charge in [-0.05, 0) is 35.6 Å². The highest BCUT2D eigenvalue weighted by molar-refractivity contribution is 5.44. The van der Waals surface area contributed by atoms with Crippen LogP contribution in [0.3, 0.4) is 0 Å². The summed E-state index contributed by atoms with van der Waals surface area (Å²) in [6, 6.07) is 5.88. The van der Waals surface area contributed by atoms with Crippen molar-refractivity contribution in [3.63, 3.8) is 0 Å². The average molecular weight is 202 g/mol. The minimum absolute atomic E-state index is 0.234. The van der Waals surface area contributed by atoms with Crippen molar-refractivity contribution in [2.24, 2.45) is 5.41 Å². The van der Waals surface area contributed by atoms with Gasteiger partial charge < -0.3 is 4.74 Å². The second kappa shape index (κ2) is 4.40. The molecule has 0 aliphatic carbocycles. The number of benzene rings is 1. The van der Waals surface area contributed by atoms with Crippen molar-refractivity contribution in [1.82, 2.24) is 0 Å². The van der Waals surface area contributed by atoms with Crippen molar-refractivity contribution in [3.8, 4) is 18.1 Å².